The third-order valence-electron chi connectivity index (χ3n) is 3.98. The Bertz CT molecular complexity index is 526. The Hall–Kier alpha value is -1.38. The molecule has 1 aliphatic rings. The monoisotopic (exact) mass is 335 g/mol. The average Bonchev–Trinajstić information content (AvgIpc) is 2.50. The van der Waals surface area contributed by atoms with E-state index in [9.17, 15) is 23.4 Å². The lowest BCUT2D eigenvalue weighted by atomic mass is 9.86. The summed E-state index contributed by atoms with van der Waals surface area (Å²) in [6.45, 7) is 3.14. The van der Waals surface area contributed by atoms with Gasteiger partial charge in [0.25, 0.3) is 0 Å². The highest BCUT2D eigenvalue weighted by Gasteiger charge is 2.44. The lowest BCUT2D eigenvalue weighted by Gasteiger charge is -2.43. The Labute approximate surface area is 132 Å². The second-order valence-electron chi connectivity index (χ2n) is 5.57. The molecule has 2 N–H and O–H groups in total. The molecule has 2 heterocycles. The van der Waals surface area contributed by atoms with Gasteiger partial charge in [-0.05, 0) is 19.4 Å². The summed E-state index contributed by atoms with van der Waals surface area (Å²) in [5.74, 6) is -0.882. The summed E-state index contributed by atoms with van der Waals surface area (Å²) in [4.78, 5) is 3.45. The highest BCUT2D eigenvalue weighted by molar-refractivity contribution is 5.18. The van der Waals surface area contributed by atoms with E-state index in [0.717, 1.165) is 6.07 Å². The molecule has 5 atom stereocenters. The van der Waals surface area contributed by atoms with Crippen LogP contribution in [-0.2, 0) is 10.9 Å². The molecular formula is C15H20F3NO4. The van der Waals surface area contributed by atoms with E-state index in [4.69, 9.17) is 9.47 Å². The largest absolute Gasteiger partial charge is 0.471 e. The highest BCUT2D eigenvalue weighted by Crippen LogP contribution is 2.32. The van der Waals surface area contributed by atoms with Crippen molar-refractivity contribution in [2.75, 3.05) is 6.61 Å². The summed E-state index contributed by atoms with van der Waals surface area (Å²) in [6, 6.07) is 3.35. The molecule has 1 saturated heterocycles. The summed E-state index contributed by atoms with van der Waals surface area (Å²) in [5.41, 5.74) is -1.06. The predicted octanol–water partition coefficient (Wildman–Crippen LogP) is 2.01. The number of nitrogens with zero attached hydrogens (tertiary/aromatic N) is 1. The number of hydrogen-bond acceptors (Lipinski definition) is 5. The van der Waals surface area contributed by atoms with Crippen LogP contribution in [0, 0.1) is 5.92 Å². The first-order valence-corrected chi connectivity index (χ1v) is 7.43. The normalized spacial score (nSPS) is 31.9. The van der Waals surface area contributed by atoms with Gasteiger partial charge in [-0.25, -0.2) is 4.98 Å². The van der Waals surface area contributed by atoms with E-state index in [2.05, 4.69) is 4.98 Å². The van der Waals surface area contributed by atoms with Crippen LogP contribution in [0.3, 0.4) is 0 Å². The topological polar surface area (TPSA) is 71.8 Å². The number of hydrogen-bond donors (Lipinski definition) is 2. The molecule has 1 aromatic rings. The van der Waals surface area contributed by atoms with Gasteiger partial charge in [-0.3, -0.25) is 0 Å². The van der Waals surface area contributed by atoms with Crippen molar-refractivity contribution in [3.8, 4) is 5.88 Å². The summed E-state index contributed by atoms with van der Waals surface area (Å²) in [7, 11) is 0. The van der Waals surface area contributed by atoms with Crippen molar-refractivity contribution in [1.82, 2.24) is 4.98 Å². The summed E-state index contributed by atoms with van der Waals surface area (Å²) in [5, 5.41) is 19.6. The second-order valence-corrected chi connectivity index (χ2v) is 5.57. The molecule has 23 heavy (non-hydrogen) atoms. The number of pyridine rings is 1. The van der Waals surface area contributed by atoms with Crippen LogP contribution in [0.25, 0.3) is 0 Å². The van der Waals surface area contributed by atoms with Crippen LogP contribution >= 0.6 is 0 Å². The number of halogens is 3. The number of aromatic nitrogens is 1. The Morgan fingerprint density at radius 2 is 2.04 bits per heavy atom. The number of rotatable bonds is 4. The maximum atomic E-state index is 12.7. The van der Waals surface area contributed by atoms with Gasteiger partial charge in [0.2, 0.25) is 5.88 Å². The van der Waals surface area contributed by atoms with E-state index in [1.54, 1.807) is 6.92 Å². The summed E-state index contributed by atoms with van der Waals surface area (Å²) >= 11 is 0. The summed E-state index contributed by atoms with van der Waals surface area (Å²) in [6.07, 6.45) is -6.76. The fourth-order valence-corrected chi connectivity index (χ4v) is 2.73. The van der Waals surface area contributed by atoms with Gasteiger partial charge in [-0.15, -0.1) is 0 Å². The van der Waals surface area contributed by atoms with Gasteiger partial charge in [0.05, 0.1) is 30.8 Å². The van der Waals surface area contributed by atoms with E-state index in [1.165, 1.54) is 12.1 Å². The fraction of sp³-hybridized carbons (Fsp3) is 0.667. The van der Waals surface area contributed by atoms with Crippen LogP contribution in [0.1, 0.15) is 26.0 Å². The van der Waals surface area contributed by atoms with Crippen LogP contribution in [0.15, 0.2) is 18.2 Å². The molecule has 1 fully saturated rings. The van der Waals surface area contributed by atoms with Crippen LogP contribution in [0.5, 0.6) is 5.88 Å². The first kappa shape index (κ1) is 18.0. The molecule has 2 rings (SSSR count). The average molecular weight is 335 g/mol. The number of aliphatic hydroxyl groups is 2. The molecule has 1 aromatic heterocycles. The Kier molecular flexibility index (Phi) is 5.49. The zero-order chi connectivity index (χ0) is 17.2. The molecule has 0 unspecified atom stereocenters. The molecule has 0 aliphatic carbocycles. The minimum atomic E-state index is -4.57. The number of ether oxygens (including phenoxy) is 2. The van der Waals surface area contributed by atoms with E-state index in [-0.39, 0.29) is 12.5 Å². The zero-order valence-electron chi connectivity index (χ0n) is 12.8. The zero-order valence-corrected chi connectivity index (χ0v) is 12.8. The van der Waals surface area contributed by atoms with Gasteiger partial charge < -0.3 is 19.7 Å². The van der Waals surface area contributed by atoms with Gasteiger partial charge in [0.15, 0.2) is 0 Å². The highest BCUT2D eigenvalue weighted by atomic mass is 19.4. The van der Waals surface area contributed by atoms with Gasteiger partial charge in [0.1, 0.15) is 11.8 Å². The van der Waals surface area contributed by atoms with Gasteiger partial charge in [0, 0.05) is 6.07 Å². The number of aliphatic hydroxyl groups excluding tert-OH is 2. The molecule has 8 heteroatoms. The molecule has 0 aromatic carbocycles. The molecule has 0 radical (unpaired) electrons. The third kappa shape index (κ3) is 3.94. The fourth-order valence-electron chi connectivity index (χ4n) is 2.73. The number of alkyl halides is 3. The minimum absolute atomic E-state index is 0.216. The molecule has 5 nitrogen and oxygen atoms in total. The van der Waals surface area contributed by atoms with E-state index < -0.39 is 42.2 Å². The van der Waals surface area contributed by atoms with Crippen molar-refractivity contribution in [3.05, 3.63) is 23.9 Å². The Balaban J connectivity index is 2.25. The maximum Gasteiger partial charge on any atom is 0.433 e. The molecule has 0 spiro atoms. The Morgan fingerprint density at radius 3 is 2.61 bits per heavy atom. The van der Waals surface area contributed by atoms with Gasteiger partial charge in [-0.1, -0.05) is 13.0 Å². The molecule has 1 aliphatic heterocycles. The van der Waals surface area contributed by atoms with Gasteiger partial charge >= 0.3 is 6.18 Å². The van der Waals surface area contributed by atoms with Crippen molar-refractivity contribution >= 4 is 0 Å². The van der Waals surface area contributed by atoms with Crippen molar-refractivity contribution in [3.63, 3.8) is 0 Å². The third-order valence-corrected chi connectivity index (χ3v) is 3.98. The van der Waals surface area contributed by atoms with E-state index in [0.29, 0.717) is 6.42 Å². The first-order chi connectivity index (χ1) is 10.8. The van der Waals surface area contributed by atoms with Crippen LogP contribution in [-0.4, -0.2) is 46.2 Å². The van der Waals surface area contributed by atoms with Crippen LogP contribution in [0.2, 0.25) is 0 Å². The molecule has 0 bridgehead atoms. The Morgan fingerprint density at radius 1 is 1.35 bits per heavy atom. The van der Waals surface area contributed by atoms with Gasteiger partial charge in [-0.2, -0.15) is 13.2 Å². The lowest BCUT2D eigenvalue weighted by Crippen LogP contribution is -2.56. The van der Waals surface area contributed by atoms with E-state index >= 15 is 0 Å². The molecule has 130 valence electrons. The minimum Gasteiger partial charge on any atom is -0.471 e. The molecule has 0 saturated carbocycles. The maximum absolute atomic E-state index is 12.7. The molecule has 0 amide bonds. The molecular weight excluding hydrogens is 315 g/mol. The lowest BCUT2D eigenvalue weighted by molar-refractivity contribution is -0.195. The van der Waals surface area contributed by atoms with Crippen LogP contribution < -0.4 is 4.74 Å². The summed E-state index contributed by atoms with van der Waals surface area (Å²) < 4.78 is 49.4. The second kappa shape index (κ2) is 7.02. The smallest absolute Gasteiger partial charge is 0.433 e. The first-order valence-electron chi connectivity index (χ1n) is 7.43. The van der Waals surface area contributed by atoms with Crippen LogP contribution in [0.4, 0.5) is 13.2 Å². The predicted molar refractivity (Wildman–Crippen MR) is 74.9 cm³/mol. The van der Waals surface area contributed by atoms with E-state index in [1.807, 2.05) is 6.92 Å². The van der Waals surface area contributed by atoms with Crippen molar-refractivity contribution in [2.24, 2.45) is 5.92 Å². The van der Waals surface area contributed by atoms with Crippen molar-refractivity contribution in [1.29, 1.82) is 0 Å². The SMILES string of the molecule is CC[C@H]1O[C@H](C)[C@H](O)[C@H](CO)[C@H]1Oc1cccc(C(F)(F)F)n1. The van der Waals surface area contributed by atoms with Crippen molar-refractivity contribution < 1.29 is 32.9 Å². The van der Waals surface area contributed by atoms with Crippen molar-refractivity contribution in [2.45, 2.75) is 50.9 Å². The standard InChI is InChI=1S/C15H20F3NO4/c1-3-10-14(9(7-20)13(21)8(2)22-10)23-12-6-4-5-11(19-12)15(16,17)18/h4-6,8-10,13-14,20-21H,3,7H2,1-2H3/t8-,9+,10-,13+,14-/m1/s1. The quantitative estimate of drug-likeness (QED) is 0.881.